The molecule has 486 valence electrons. The number of esters is 1. The highest BCUT2D eigenvalue weighted by Gasteiger charge is 2.18. The SMILES string of the molecule is CCCCCCCCCCCCCCCCCCCCC/C=C/C(O)C(CO)NC(=O)CCCCCCCCCCCCCCCCCCC/C=C\CCCCCCCCCCCCCCOC(=O)CCCCCCCCCCCCC. The summed E-state index contributed by atoms with van der Waals surface area (Å²) in [5, 5.41) is 23.3. The van der Waals surface area contributed by atoms with E-state index in [1.54, 1.807) is 6.08 Å². The molecular formula is C76H147NO5. The number of hydrogen-bond acceptors (Lipinski definition) is 5. The van der Waals surface area contributed by atoms with Crippen LogP contribution in [-0.4, -0.2) is 47.4 Å². The zero-order valence-electron chi connectivity index (χ0n) is 55.8. The molecular weight excluding hydrogens is 1010 g/mol. The van der Waals surface area contributed by atoms with E-state index >= 15 is 0 Å². The number of aliphatic hydroxyl groups is 2. The largest absolute Gasteiger partial charge is 0.466 e. The van der Waals surface area contributed by atoms with E-state index in [9.17, 15) is 19.8 Å². The number of amides is 1. The summed E-state index contributed by atoms with van der Waals surface area (Å²) in [4.78, 5) is 24.5. The molecule has 2 unspecified atom stereocenters. The van der Waals surface area contributed by atoms with Crippen molar-refractivity contribution < 1.29 is 24.5 Å². The third-order valence-electron chi connectivity index (χ3n) is 17.7. The van der Waals surface area contributed by atoms with Gasteiger partial charge in [0.15, 0.2) is 0 Å². The van der Waals surface area contributed by atoms with Crippen molar-refractivity contribution >= 4 is 11.9 Å². The second kappa shape index (κ2) is 71.8. The van der Waals surface area contributed by atoms with Crippen LogP contribution in [0.2, 0.25) is 0 Å². The van der Waals surface area contributed by atoms with Crippen molar-refractivity contribution in [3.05, 3.63) is 24.3 Å². The van der Waals surface area contributed by atoms with Crippen LogP contribution in [0.15, 0.2) is 24.3 Å². The molecule has 6 nitrogen and oxygen atoms in total. The number of aliphatic hydroxyl groups excluding tert-OH is 2. The number of nitrogens with one attached hydrogen (secondary N) is 1. The molecule has 0 radical (unpaired) electrons. The molecule has 0 aromatic carbocycles. The molecule has 2 atom stereocenters. The van der Waals surface area contributed by atoms with E-state index in [-0.39, 0.29) is 18.5 Å². The lowest BCUT2D eigenvalue weighted by Gasteiger charge is -2.20. The maximum atomic E-state index is 12.5. The number of rotatable bonds is 71. The van der Waals surface area contributed by atoms with Crippen molar-refractivity contribution in [3.63, 3.8) is 0 Å². The molecule has 0 saturated heterocycles. The molecule has 0 rings (SSSR count). The minimum Gasteiger partial charge on any atom is -0.466 e. The zero-order chi connectivity index (χ0) is 59.2. The molecule has 82 heavy (non-hydrogen) atoms. The molecule has 1 amide bonds. The van der Waals surface area contributed by atoms with Crippen LogP contribution in [-0.2, 0) is 14.3 Å². The number of hydrogen-bond donors (Lipinski definition) is 3. The lowest BCUT2D eigenvalue weighted by molar-refractivity contribution is -0.143. The summed E-state index contributed by atoms with van der Waals surface area (Å²) in [5.74, 6) is -0.0415. The monoisotopic (exact) mass is 1150 g/mol. The van der Waals surface area contributed by atoms with Crippen molar-refractivity contribution in [3.8, 4) is 0 Å². The Labute approximate surface area is 513 Å². The van der Waals surface area contributed by atoms with Crippen LogP contribution in [0.5, 0.6) is 0 Å². The van der Waals surface area contributed by atoms with Crippen molar-refractivity contribution in [2.75, 3.05) is 13.2 Å². The van der Waals surface area contributed by atoms with Crippen LogP contribution in [0.1, 0.15) is 425 Å². The minimum absolute atomic E-state index is 0.0188. The second-order valence-electron chi connectivity index (χ2n) is 26.0. The van der Waals surface area contributed by atoms with Gasteiger partial charge in [-0.3, -0.25) is 9.59 Å². The van der Waals surface area contributed by atoms with Gasteiger partial charge < -0.3 is 20.3 Å². The van der Waals surface area contributed by atoms with E-state index in [1.165, 1.54) is 360 Å². The van der Waals surface area contributed by atoms with Gasteiger partial charge in [-0.1, -0.05) is 378 Å². The van der Waals surface area contributed by atoms with Crippen molar-refractivity contribution in [1.29, 1.82) is 0 Å². The fourth-order valence-corrected chi connectivity index (χ4v) is 12.0. The standard InChI is InChI=1S/C76H147NO5/c1-3-5-7-9-11-13-15-16-17-18-19-33-36-39-42-45-49-52-56-60-64-68-74(79)73(72-78)77-75(80)69-65-61-57-53-50-46-43-40-37-34-31-29-27-25-23-21-20-22-24-26-28-30-32-35-38-41-44-47-51-55-59-63-67-71-82-76(81)70-66-62-58-54-48-14-12-10-8-6-4-2/h24,26,64,68,73-74,78-79H,3-23,25,27-63,65-67,69-72H2,1-2H3,(H,77,80)/b26-24-,68-64+. The van der Waals surface area contributed by atoms with Gasteiger partial charge in [-0.2, -0.15) is 0 Å². The van der Waals surface area contributed by atoms with Crippen molar-refractivity contribution in [2.24, 2.45) is 0 Å². The van der Waals surface area contributed by atoms with Gasteiger partial charge in [0, 0.05) is 12.8 Å². The summed E-state index contributed by atoms with van der Waals surface area (Å²) in [6, 6.07) is -0.626. The Morgan fingerprint density at radius 1 is 0.329 bits per heavy atom. The van der Waals surface area contributed by atoms with Gasteiger partial charge in [0.2, 0.25) is 5.91 Å². The minimum atomic E-state index is -0.843. The van der Waals surface area contributed by atoms with Gasteiger partial charge in [0.25, 0.3) is 0 Å². The van der Waals surface area contributed by atoms with Gasteiger partial charge >= 0.3 is 5.97 Å². The van der Waals surface area contributed by atoms with Gasteiger partial charge in [-0.25, -0.2) is 0 Å². The molecule has 3 N–H and O–H groups in total. The molecule has 6 heteroatoms. The van der Waals surface area contributed by atoms with E-state index in [0.717, 1.165) is 38.5 Å². The molecule has 0 aliphatic heterocycles. The lowest BCUT2D eigenvalue weighted by Crippen LogP contribution is -2.45. The molecule has 0 saturated carbocycles. The third-order valence-corrected chi connectivity index (χ3v) is 17.7. The summed E-state index contributed by atoms with van der Waals surface area (Å²) in [7, 11) is 0. The van der Waals surface area contributed by atoms with E-state index in [1.807, 2.05) is 6.08 Å². The quantitative estimate of drug-likeness (QED) is 0.0320. The van der Waals surface area contributed by atoms with E-state index in [0.29, 0.717) is 19.4 Å². The summed E-state index contributed by atoms with van der Waals surface area (Å²) < 4.78 is 5.48. The number of carbonyl (C=O) groups is 2. The molecule has 0 heterocycles. The molecule has 0 aliphatic carbocycles. The number of carbonyl (C=O) groups excluding carboxylic acids is 2. The fourth-order valence-electron chi connectivity index (χ4n) is 12.0. The molecule has 0 spiro atoms. The maximum Gasteiger partial charge on any atom is 0.305 e. The summed E-state index contributed by atoms with van der Waals surface area (Å²) in [5.41, 5.74) is 0. The highest BCUT2D eigenvalue weighted by Crippen LogP contribution is 2.19. The van der Waals surface area contributed by atoms with Crippen LogP contribution in [0, 0.1) is 0 Å². The predicted octanol–water partition coefficient (Wildman–Crippen LogP) is 24.5. The smallest absolute Gasteiger partial charge is 0.305 e. The van der Waals surface area contributed by atoms with Gasteiger partial charge in [0.05, 0.1) is 25.4 Å². The number of allylic oxidation sites excluding steroid dienone is 3. The first-order valence-corrected chi connectivity index (χ1v) is 37.6. The highest BCUT2D eigenvalue weighted by molar-refractivity contribution is 5.76. The third kappa shape index (κ3) is 67.5. The number of unbranched alkanes of at least 4 members (excludes halogenated alkanes) is 58. The maximum absolute atomic E-state index is 12.5. The molecule has 0 fully saturated rings. The Bertz CT molecular complexity index is 1280. The Hall–Kier alpha value is -1.66. The number of ether oxygens (including phenoxy) is 1. The second-order valence-corrected chi connectivity index (χ2v) is 26.0. The van der Waals surface area contributed by atoms with Crippen LogP contribution in [0.4, 0.5) is 0 Å². The Morgan fingerprint density at radius 3 is 0.866 bits per heavy atom. The molecule has 0 aromatic rings. The summed E-state index contributed by atoms with van der Waals surface area (Å²) in [6.45, 7) is 4.95. The highest BCUT2D eigenvalue weighted by atomic mass is 16.5. The predicted molar refractivity (Wildman–Crippen MR) is 361 cm³/mol. The molecule has 0 aliphatic rings. The topological polar surface area (TPSA) is 95.9 Å². The average Bonchev–Trinajstić information content (AvgIpc) is 3.48. The average molecular weight is 1160 g/mol. The lowest BCUT2D eigenvalue weighted by atomic mass is 10.0. The normalized spacial score (nSPS) is 12.6. The molecule has 0 aromatic heterocycles. The van der Waals surface area contributed by atoms with Gasteiger partial charge in [-0.05, 0) is 57.8 Å². The fraction of sp³-hybridized carbons (Fsp3) is 0.921. The Balaban J connectivity index is 3.37. The first-order chi connectivity index (χ1) is 40.5. The zero-order valence-corrected chi connectivity index (χ0v) is 55.8. The van der Waals surface area contributed by atoms with Gasteiger partial charge in [0.1, 0.15) is 0 Å². The van der Waals surface area contributed by atoms with Crippen LogP contribution < -0.4 is 5.32 Å². The Kier molecular flexibility index (Phi) is 70.4. The van der Waals surface area contributed by atoms with Gasteiger partial charge in [-0.15, -0.1) is 0 Å². The van der Waals surface area contributed by atoms with Crippen LogP contribution >= 0.6 is 0 Å². The molecule has 0 bridgehead atoms. The van der Waals surface area contributed by atoms with E-state index in [4.69, 9.17) is 4.74 Å². The van der Waals surface area contributed by atoms with E-state index in [2.05, 4.69) is 31.3 Å². The van der Waals surface area contributed by atoms with Crippen LogP contribution in [0.3, 0.4) is 0 Å². The first kappa shape index (κ1) is 80.3. The van der Waals surface area contributed by atoms with E-state index < -0.39 is 12.1 Å². The van der Waals surface area contributed by atoms with Crippen LogP contribution in [0.25, 0.3) is 0 Å². The summed E-state index contributed by atoms with van der Waals surface area (Å²) >= 11 is 0. The van der Waals surface area contributed by atoms with Crippen molar-refractivity contribution in [2.45, 2.75) is 437 Å². The summed E-state index contributed by atoms with van der Waals surface area (Å²) in [6.07, 6.45) is 91.4. The first-order valence-electron chi connectivity index (χ1n) is 37.6. The Morgan fingerprint density at radius 2 is 0.573 bits per heavy atom. The van der Waals surface area contributed by atoms with Crippen molar-refractivity contribution in [1.82, 2.24) is 5.32 Å².